The van der Waals surface area contributed by atoms with E-state index in [9.17, 15) is 26.3 Å². The predicted molar refractivity (Wildman–Crippen MR) is 190 cm³/mol. The molecule has 8 nitrogen and oxygen atoms in total. The van der Waals surface area contributed by atoms with Crippen LogP contribution in [0.25, 0.3) is 0 Å². The topological polar surface area (TPSA) is 145 Å². The zero-order valence-corrected chi connectivity index (χ0v) is 30.5. The molecule has 0 spiro atoms. The van der Waals surface area contributed by atoms with E-state index in [0.717, 1.165) is 48.7 Å². The Bertz CT molecular complexity index is 1100. The fourth-order valence-corrected chi connectivity index (χ4v) is 4.84. The number of benzene rings is 2. The van der Waals surface area contributed by atoms with Gasteiger partial charge in [-0.1, -0.05) is 128 Å². The molecule has 0 aliphatic heterocycles. The van der Waals surface area contributed by atoms with Crippen LogP contribution in [0.1, 0.15) is 140 Å². The SMILES string of the molecule is CCCCCCCCCCOc1ccc([C@H](N)[C@@H](N)c2ccc(OCCCCCCCCCC)cc2)cc1.O=C(O)C(F)(F)F.O=C(O)C(F)(F)F. The molecule has 0 unspecified atom stereocenters. The molecule has 2 aromatic rings. The second-order valence-electron chi connectivity index (χ2n) is 12.4. The molecule has 52 heavy (non-hydrogen) atoms. The number of carboxylic acid groups (broad SMARTS) is 2. The molecule has 0 heterocycles. The lowest BCUT2D eigenvalue weighted by atomic mass is 9.95. The van der Waals surface area contributed by atoms with Crippen molar-refractivity contribution < 1.29 is 55.6 Å². The van der Waals surface area contributed by atoms with Crippen LogP contribution in [0.5, 0.6) is 11.5 Å². The van der Waals surface area contributed by atoms with Gasteiger partial charge in [-0.05, 0) is 48.2 Å². The van der Waals surface area contributed by atoms with Crippen LogP contribution in [-0.2, 0) is 9.59 Å². The van der Waals surface area contributed by atoms with E-state index in [4.69, 9.17) is 40.7 Å². The number of nitrogens with two attached hydrogens (primary N) is 2. The van der Waals surface area contributed by atoms with Gasteiger partial charge in [0.25, 0.3) is 0 Å². The minimum Gasteiger partial charge on any atom is -0.494 e. The summed E-state index contributed by atoms with van der Waals surface area (Å²) in [5, 5.41) is 14.2. The maximum absolute atomic E-state index is 10.6. The molecule has 0 aliphatic rings. The molecule has 0 saturated heterocycles. The molecule has 2 aromatic carbocycles. The summed E-state index contributed by atoms with van der Waals surface area (Å²) in [4.78, 5) is 17.8. The van der Waals surface area contributed by atoms with Crippen molar-refractivity contribution in [3.05, 3.63) is 59.7 Å². The van der Waals surface area contributed by atoms with E-state index in [1.54, 1.807) is 0 Å². The lowest BCUT2D eigenvalue weighted by molar-refractivity contribution is -0.193. The van der Waals surface area contributed by atoms with Crippen LogP contribution in [0.15, 0.2) is 48.5 Å². The van der Waals surface area contributed by atoms with E-state index in [1.165, 1.54) is 89.9 Å². The zero-order chi connectivity index (χ0) is 39.4. The predicted octanol–water partition coefficient (Wildman–Crippen LogP) is 10.7. The molecule has 0 radical (unpaired) electrons. The number of aliphatic carboxylic acids is 2. The van der Waals surface area contributed by atoms with E-state index in [0.29, 0.717) is 0 Å². The minimum atomic E-state index is -5.08. The first-order chi connectivity index (χ1) is 24.5. The van der Waals surface area contributed by atoms with Gasteiger partial charge in [0.1, 0.15) is 11.5 Å². The van der Waals surface area contributed by atoms with Crippen LogP contribution in [0.4, 0.5) is 26.3 Å². The number of carboxylic acids is 2. The maximum Gasteiger partial charge on any atom is 0.490 e. The average molecular weight is 753 g/mol. The number of hydrogen-bond acceptors (Lipinski definition) is 6. The summed E-state index contributed by atoms with van der Waals surface area (Å²) in [5.41, 5.74) is 15.1. The van der Waals surface area contributed by atoms with Gasteiger partial charge >= 0.3 is 24.3 Å². The summed E-state index contributed by atoms with van der Waals surface area (Å²) >= 11 is 0. The quantitative estimate of drug-likeness (QED) is 0.0648. The highest BCUT2D eigenvalue weighted by Crippen LogP contribution is 2.28. The first-order valence-corrected chi connectivity index (χ1v) is 18.1. The van der Waals surface area contributed by atoms with Gasteiger partial charge in [-0.3, -0.25) is 0 Å². The monoisotopic (exact) mass is 752 g/mol. The number of alkyl halides is 6. The van der Waals surface area contributed by atoms with E-state index in [1.807, 2.05) is 48.5 Å². The van der Waals surface area contributed by atoms with Crippen LogP contribution in [0.3, 0.4) is 0 Å². The third kappa shape index (κ3) is 24.6. The maximum atomic E-state index is 10.6. The molecule has 2 rings (SSSR count). The molecular weight excluding hydrogens is 694 g/mol. The van der Waals surface area contributed by atoms with Crippen LogP contribution < -0.4 is 20.9 Å². The fourth-order valence-electron chi connectivity index (χ4n) is 4.84. The van der Waals surface area contributed by atoms with Gasteiger partial charge in [-0.2, -0.15) is 26.3 Å². The van der Waals surface area contributed by atoms with Gasteiger partial charge in [0.15, 0.2) is 0 Å². The molecule has 0 bridgehead atoms. The third-order valence-corrected chi connectivity index (χ3v) is 7.94. The number of unbranched alkanes of at least 4 members (excludes halogenated alkanes) is 14. The Morgan fingerprint density at radius 1 is 0.519 bits per heavy atom. The summed E-state index contributed by atoms with van der Waals surface area (Å²) in [6.45, 7) is 6.07. The molecular formula is C38H58F6N2O6. The summed E-state index contributed by atoms with van der Waals surface area (Å²) in [6.07, 6.45) is 10.7. The van der Waals surface area contributed by atoms with Gasteiger partial charge in [0.2, 0.25) is 0 Å². The first kappa shape index (κ1) is 48.5. The highest BCUT2D eigenvalue weighted by Gasteiger charge is 2.38. The average Bonchev–Trinajstić information content (AvgIpc) is 3.10. The summed E-state index contributed by atoms with van der Waals surface area (Å²) in [7, 11) is 0. The Morgan fingerprint density at radius 3 is 0.981 bits per heavy atom. The molecule has 14 heteroatoms. The lowest BCUT2D eigenvalue weighted by Crippen LogP contribution is -2.26. The van der Waals surface area contributed by atoms with Crippen molar-refractivity contribution >= 4 is 11.9 Å². The van der Waals surface area contributed by atoms with Crippen LogP contribution >= 0.6 is 0 Å². The normalized spacial score (nSPS) is 12.4. The molecule has 6 N–H and O–H groups in total. The molecule has 2 atom stereocenters. The van der Waals surface area contributed by atoms with E-state index < -0.39 is 24.3 Å². The van der Waals surface area contributed by atoms with Crippen molar-refractivity contribution in [3.63, 3.8) is 0 Å². The van der Waals surface area contributed by atoms with E-state index in [2.05, 4.69) is 13.8 Å². The Balaban J connectivity index is 0.00000156. The molecule has 0 aromatic heterocycles. The van der Waals surface area contributed by atoms with Gasteiger partial charge in [0, 0.05) is 12.1 Å². The third-order valence-electron chi connectivity index (χ3n) is 7.94. The fraction of sp³-hybridized carbons (Fsp3) is 0.632. The van der Waals surface area contributed by atoms with Crippen molar-refractivity contribution in [2.75, 3.05) is 13.2 Å². The molecule has 0 aliphatic carbocycles. The Kier molecular flexibility index (Phi) is 26.1. The standard InChI is InChI=1S/C34H56N2O2.2C2HF3O2/c1-3-5-7-9-11-13-15-17-27-37-31-23-19-29(20-24-31)33(35)34(36)30-21-25-32(26-22-30)38-28-18-16-14-12-10-8-6-4-2;2*3-2(4,5)1(6)7/h19-26,33-34H,3-18,27-28,35-36H2,1-2H3;2*(H,6,7)/t33-,34-;;/m0../s1. The highest BCUT2D eigenvalue weighted by molar-refractivity contribution is 5.73. The van der Waals surface area contributed by atoms with Crippen molar-refractivity contribution in [1.82, 2.24) is 0 Å². The smallest absolute Gasteiger partial charge is 0.490 e. The minimum absolute atomic E-state index is 0.277. The van der Waals surface area contributed by atoms with Gasteiger partial charge in [-0.15, -0.1) is 0 Å². The van der Waals surface area contributed by atoms with E-state index >= 15 is 0 Å². The Morgan fingerprint density at radius 2 is 0.750 bits per heavy atom. The van der Waals surface area contributed by atoms with Gasteiger partial charge in [-0.25, -0.2) is 9.59 Å². The molecule has 0 saturated carbocycles. The van der Waals surface area contributed by atoms with Crippen LogP contribution in [0, 0.1) is 0 Å². The van der Waals surface area contributed by atoms with E-state index in [-0.39, 0.29) is 12.1 Å². The number of rotatable bonds is 23. The second kappa shape index (κ2) is 28.0. The zero-order valence-electron chi connectivity index (χ0n) is 30.5. The summed E-state index contributed by atoms with van der Waals surface area (Å²) in [6, 6.07) is 15.6. The Labute approximate surface area is 304 Å². The highest BCUT2D eigenvalue weighted by atomic mass is 19.4. The van der Waals surface area contributed by atoms with Gasteiger partial charge in [0.05, 0.1) is 13.2 Å². The number of hydrogen-bond donors (Lipinski definition) is 4. The number of carbonyl (C=O) groups is 2. The lowest BCUT2D eigenvalue weighted by Gasteiger charge is -2.21. The number of ether oxygens (including phenoxy) is 2. The van der Waals surface area contributed by atoms with Crippen molar-refractivity contribution in [1.29, 1.82) is 0 Å². The largest absolute Gasteiger partial charge is 0.494 e. The van der Waals surface area contributed by atoms with Crippen LogP contribution in [-0.4, -0.2) is 47.7 Å². The van der Waals surface area contributed by atoms with Crippen molar-refractivity contribution in [2.24, 2.45) is 11.5 Å². The van der Waals surface area contributed by atoms with Crippen molar-refractivity contribution in [2.45, 2.75) is 141 Å². The second-order valence-corrected chi connectivity index (χ2v) is 12.4. The van der Waals surface area contributed by atoms with Crippen LogP contribution in [0.2, 0.25) is 0 Å². The van der Waals surface area contributed by atoms with Crippen molar-refractivity contribution in [3.8, 4) is 11.5 Å². The Hall–Kier alpha value is -3.52. The van der Waals surface area contributed by atoms with Gasteiger partial charge < -0.3 is 31.2 Å². The number of halogens is 6. The molecule has 0 fully saturated rings. The summed E-state index contributed by atoms with van der Waals surface area (Å²) < 4.78 is 75.3. The summed E-state index contributed by atoms with van der Waals surface area (Å²) in [5.74, 6) is -3.72. The molecule has 298 valence electrons. The first-order valence-electron chi connectivity index (χ1n) is 18.1. The molecule has 0 amide bonds.